The second-order valence-electron chi connectivity index (χ2n) is 5.45. The van der Waals surface area contributed by atoms with Crippen LogP contribution in [-0.2, 0) is 6.42 Å². The molecule has 0 saturated heterocycles. The van der Waals surface area contributed by atoms with E-state index in [1.165, 1.54) is 6.33 Å². The Morgan fingerprint density at radius 3 is 2.68 bits per heavy atom. The van der Waals surface area contributed by atoms with Crippen LogP contribution in [0, 0.1) is 6.92 Å². The monoisotopic (exact) mass is 297 g/mol. The first kappa shape index (κ1) is 13.1. The van der Waals surface area contributed by atoms with Crippen molar-refractivity contribution >= 4 is 5.91 Å². The molecule has 2 aliphatic rings. The Kier molecular flexibility index (Phi) is 2.79. The summed E-state index contributed by atoms with van der Waals surface area (Å²) in [5.41, 5.74) is 4.19. The smallest absolute Gasteiger partial charge is 0.252 e. The predicted octanol–water partition coefficient (Wildman–Crippen LogP) is 1.86. The van der Waals surface area contributed by atoms with Gasteiger partial charge in [-0.3, -0.25) is 4.79 Å². The molecule has 4 rings (SSSR count). The number of aromatic nitrogens is 2. The van der Waals surface area contributed by atoms with E-state index >= 15 is 0 Å². The Hall–Kier alpha value is -2.63. The van der Waals surface area contributed by atoms with Crippen molar-refractivity contribution in [2.75, 3.05) is 6.54 Å². The third kappa shape index (κ3) is 1.76. The van der Waals surface area contributed by atoms with Gasteiger partial charge in [0.05, 0.1) is 5.56 Å². The molecule has 2 aromatic rings. The van der Waals surface area contributed by atoms with Gasteiger partial charge in [-0.15, -0.1) is 0 Å². The van der Waals surface area contributed by atoms with Crippen molar-refractivity contribution in [1.29, 1.82) is 0 Å². The largest absolute Gasteiger partial charge is 0.451 e. The standard InChI is InChI=1S/C16H15N3O3/c1-8-12-11(3-4-19-16(12)20)13(10-5-17-7-18-6-10)15-14(8)21-9(2)22-15/h5-7,9H,3-4H2,1-2H3,(H,19,20). The zero-order chi connectivity index (χ0) is 15.3. The molecule has 112 valence electrons. The van der Waals surface area contributed by atoms with E-state index < -0.39 is 0 Å². The second-order valence-corrected chi connectivity index (χ2v) is 5.45. The van der Waals surface area contributed by atoms with Gasteiger partial charge in [0.1, 0.15) is 6.33 Å². The fraction of sp³-hybridized carbons (Fsp3) is 0.312. The molecule has 1 aromatic carbocycles. The molecule has 1 N–H and O–H groups in total. The van der Waals surface area contributed by atoms with Crippen LogP contribution in [0.1, 0.15) is 28.4 Å². The topological polar surface area (TPSA) is 73.3 Å². The van der Waals surface area contributed by atoms with Gasteiger partial charge in [-0.25, -0.2) is 9.97 Å². The SMILES string of the molecule is Cc1c2c(c(-c3cncnc3)c3c1C(=O)NCC3)OC(C)O2. The van der Waals surface area contributed by atoms with Crippen molar-refractivity contribution in [2.45, 2.75) is 26.6 Å². The quantitative estimate of drug-likeness (QED) is 0.869. The number of hydrogen-bond donors (Lipinski definition) is 1. The fourth-order valence-corrected chi connectivity index (χ4v) is 3.18. The van der Waals surface area contributed by atoms with E-state index in [1.807, 2.05) is 13.8 Å². The van der Waals surface area contributed by atoms with Crippen LogP contribution in [-0.4, -0.2) is 28.7 Å². The van der Waals surface area contributed by atoms with E-state index in [9.17, 15) is 4.79 Å². The number of fused-ring (bicyclic) bond motifs is 2. The zero-order valence-corrected chi connectivity index (χ0v) is 12.3. The number of benzene rings is 1. The van der Waals surface area contributed by atoms with Crippen molar-refractivity contribution in [3.63, 3.8) is 0 Å². The van der Waals surface area contributed by atoms with Gasteiger partial charge in [0.25, 0.3) is 5.91 Å². The molecular formula is C16H15N3O3. The summed E-state index contributed by atoms with van der Waals surface area (Å²) in [4.78, 5) is 20.5. The van der Waals surface area contributed by atoms with Crippen LogP contribution < -0.4 is 14.8 Å². The maximum atomic E-state index is 12.3. The van der Waals surface area contributed by atoms with Crippen LogP contribution in [0.2, 0.25) is 0 Å². The molecule has 6 heteroatoms. The Morgan fingerprint density at radius 2 is 1.91 bits per heavy atom. The van der Waals surface area contributed by atoms with E-state index in [-0.39, 0.29) is 12.2 Å². The van der Waals surface area contributed by atoms with Crippen molar-refractivity contribution in [2.24, 2.45) is 0 Å². The summed E-state index contributed by atoms with van der Waals surface area (Å²) in [6.45, 7) is 4.35. The maximum absolute atomic E-state index is 12.3. The summed E-state index contributed by atoms with van der Waals surface area (Å²) in [6, 6.07) is 0. The highest BCUT2D eigenvalue weighted by atomic mass is 16.7. The van der Waals surface area contributed by atoms with Crippen LogP contribution in [0.4, 0.5) is 0 Å². The summed E-state index contributed by atoms with van der Waals surface area (Å²) >= 11 is 0. The minimum atomic E-state index is -0.371. The number of rotatable bonds is 1. The number of amides is 1. The summed E-state index contributed by atoms with van der Waals surface area (Å²) in [7, 11) is 0. The van der Waals surface area contributed by atoms with Crippen LogP contribution in [0.15, 0.2) is 18.7 Å². The summed E-state index contributed by atoms with van der Waals surface area (Å²) in [6.07, 6.45) is 5.33. The number of nitrogens with zero attached hydrogens (tertiary/aromatic N) is 2. The van der Waals surface area contributed by atoms with Gasteiger partial charge >= 0.3 is 0 Å². The number of nitrogens with one attached hydrogen (secondary N) is 1. The minimum absolute atomic E-state index is 0.0668. The van der Waals surface area contributed by atoms with E-state index in [4.69, 9.17) is 9.47 Å². The zero-order valence-electron chi connectivity index (χ0n) is 12.3. The van der Waals surface area contributed by atoms with Gasteiger partial charge in [-0.1, -0.05) is 0 Å². The van der Waals surface area contributed by atoms with Gasteiger partial charge in [0.15, 0.2) is 11.5 Å². The molecular weight excluding hydrogens is 282 g/mol. The third-order valence-electron chi connectivity index (χ3n) is 4.06. The molecule has 1 atom stereocenters. The average Bonchev–Trinajstić information content (AvgIpc) is 2.90. The lowest BCUT2D eigenvalue weighted by Crippen LogP contribution is -2.33. The first-order valence-electron chi connectivity index (χ1n) is 7.23. The van der Waals surface area contributed by atoms with Crippen molar-refractivity contribution < 1.29 is 14.3 Å². The lowest BCUT2D eigenvalue weighted by Gasteiger charge is -2.23. The third-order valence-corrected chi connectivity index (χ3v) is 4.06. The number of carbonyl (C=O) groups is 1. The van der Waals surface area contributed by atoms with Gasteiger partial charge < -0.3 is 14.8 Å². The number of ether oxygens (including phenoxy) is 2. The molecule has 0 spiro atoms. The molecule has 22 heavy (non-hydrogen) atoms. The molecule has 0 radical (unpaired) electrons. The van der Waals surface area contributed by atoms with Gasteiger partial charge in [-0.05, 0) is 18.9 Å². The molecule has 0 bridgehead atoms. The lowest BCUT2D eigenvalue weighted by molar-refractivity contribution is 0.0676. The van der Waals surface area contributed by atoms with Gasteiger partial charge in [0, 0.05) is 42.6 Å². The van der Waals surface area contributed by atoms with Crippen LogP contribution in [0.3, 0.4) is 0 Å². The summed E-state index contributed by atoms with van der Waals surface area (Å²) in [5, 5.41) is 2.89. The van der Waals surface area contributed by atoms with E-state index in [0.717, 1.165) is 28.7 Å². The molecule has 0 saturated carbocycles. The molecule has 1 aromatic heterocycles. The first-order chi connectivity index (χ1) is 10.7. The van der Waals surface area contributed by atoms with Crippen molar-refractivity contribution in [3.05, 3.63) is 35.4 Å². The normalized spacial score (nSPS) is 18.8. The predicted molar refractivity (Wildman–Crippen MR) is 79.0 cm³/mol. The van der Waals surface area contributed by atoms with Gasteiger partial charge in [-0.2, -0.15) is 0 Å². The molecule has 6 nitrogen and oxygen atoms in total. The molecule has 2 aliphatic heterocycles. The highest BCUT2D eigenvalue weighted by Gasteiger charge is 2.34. The molecule has 0 fully saturated rings. The van der Waals surface area contributed by atoms with E-state index in [1.54, 1.807) is 12.4 Å². The van der Waals surface area contributed by atoms with Crippen LogP contribution >= 0.6 is 0 Å². The average molecular weight is 297 g/mol. The Labute approximate surface area is 127 Å². The molecule has 3 heterocycles. The van der Waals surface area contributed by atoms with Gasteiger partial charge in [0.2, 0.25) is 6.29 Å². The van der Waals surface area contributed by atoms with Crippen molar-refractivity contribution in [3.8, 4) is 22.6 Å². The highest BCUT2D eigenvalue weighted by Crippen LogP contribution is 2.49. The summed E-state index contributed by atoms with van der Waals surface area (Å²) < 4.78 is 11.6. The van der Waals surface area contributed by atoms with Crippen LogP contribution in [0.25, 0.3) is 11.1 Å². The van der Waals surface area contributed by atoms with Crippen LogP contribution in [0.5, 0.6) is 11.5 Å². The van der Waals surface area contributed by atoms with E-state index in [0.29, 0.717) is 23.6 Å². The minimum Gasteiger partial charge on any atom is -0.451 e. The Morgan fingerprint density at radius 1 is 1.18 bits per heavy atom. The maximum Gasteiger partial charge on any atom is 0.252 e. The first-order valence-corrected chi connectivity index (χ1v) is 7.23. The Bertz CT molecular complexity index is 774. The van der Waals surface area contributed by atoms with E-state index in [2.05, 4.69) is 15.3 Å². The fourth-order valence-electron chi connectivity index (χ4n) is 3.18. The molecule has 1 amide bonds. The lowest BCUT2D eigenvalue weighted by atomic mass is 9.87. The second kappa shape index (κ2) is 4.69. The van der Waals surface area contributed by atoms with Crippen molar-refractivity contribution in [1.82, 2.24) is 15.3 Å². The number of hydrogen-bond acceptors (Lipinski definition) is 5. The molecule has 0 aliphatic carbocycles. The highest BCUT2D eigenvalue weighted by molar-refractivity contribution is 6.02. The molecule has 1 unspecified atom stereocenters. The Balaban J connectivity index is 2.07. The number of carbonyl (C=O) groups excluding carboxylic acids is 1. The summed E-state index contributed by atoms with van der Waals surface area (Å²) in [5.74, 6) is 1.26.